The zero-order valence-corrected chi connectivity index (χ0v) is 12.7. The van der Waals surface area contributed by atoms with Crippen LogP contribution in [0.25, 0.3) is 0 Å². The van der Waals surface area contributed by atoms with Gasteiger partial charge in [0.15, 0.2) is 5.16 Å². The molecule has 19 heavy (non-hydrogen) atoms. The first-order chi connectivity index (χ1) is 9.33. The van der Waals surface area contributed by atoms with Gasteiger partial charge in [0.25, 0.3) is 0 Å². The molecular formula is C13H23N5S. The highest BCUT2D eigenvalue weighted by Gasteiger charge is 2.16. The number of aromatic nitrogens is 3. The Labute approximate surface area is 119 Å². The first kappa shape index (κ1) is 14.4. The Hall–Kier alpha value is -1.04. The van der Waals surface area contributed by atoms with Crippen LogP contribution in [-0.2, 0) is 0 Å². The fourth-order valence-electron chi connectivity index (χ4n) is 2.09. The van der Waals surface area contributed by atoms with Gasteiger partial charge >= 0.3 is 0 Å². The number of piperidine rings is 1. The second-order valence-electron chi connectivity index (χ2n) is 4.65. The molecule has 5 nitrogen and oxygen atoms in total. The molecule has 1 aromatic rings. The lowest BCUT2D eigenvalue weighted by Gasteiger charge is -2.26. The summed E-state index contributed by atoms with van der Waals surface area (Å²) in [5, 5.41) is 4.10. The van der Waals surface area contributed by atoms with Gasteiger partial charge in [-0.1, -0.05) is 25.6 Å². The molecular weight excluding hydrogens is 258 g/mol. The van der Waals surface area contributed by atoms with Gasteiger partial charge in [0, 0.05) is 19.6 Å². The van der Waals surface area contributed by atoms with Crippen LogP contribution in [0.5, 0.6) is 0 Å². The summed E-state index contributed by atoms with van der Waals surface area (Å²) in [7, 11) is 0. The van der Waals surface area contributed by atoms with Gasteiger partial charge in [-0.2, -0.15) is 15.0 Å². The normalized spacial score (nSPS) is 15.6. The summed E-state index contributed by atoms with van der Waals surface area (Å²) in [6.45, 7) is 7.29. The van der Waals surface area contributed by atoms with Crippen LogP contribution in [0.1, 0.15) is 39.5 Å². The maximum Gasteiger partial charge on any atom is 0.231 e. The second-order valence-corrected chi connectivity index (χ2v) is 5.88. The summed E-state index contributed by atoms with van der Waals surface area (Å²) in [6.07, 6.45) is 4.86. The molecule has 0 amide bonds. The molecule has 2 heterocycles. The van der Waals surface area contributed by atoms with Crippen molar-refractivity contribution < 1.29 is 0 Å². The van der Waals surface area contributed by atoms with E-state index >= 15 is 0 Å². The Morgan fingerprint density at radius 3 is 2.58 bits per heavy atom. The quantitative estimate of drug-likeness (QED) is 0.809. The molecule has 0 atom stereocenters. The molecule has 1 aromatic heterocycles. The van der Waals surface area contributed by atoms with Crippen LogP contribution in [-0.4, -0.2) is 40.3 Å². The smallest absolute Gasteiger partial charge is 0.231 e. The molecule has 1 N–H and O–H groups in total. The van der Waals surface area contributed by atoms with Gasteiger partial charge in [-0.05, 0) is 31.4 Å². The molecule has 1 aliphatic rings. The Balaban J connectivity index is 2.17. The average Bonchev–Trinajstić information content (AvgIpc) is 2.46. The largest absolute Gasteiger partial charge is 0.354 e. The Morgan fingerprint density at radius 2 is 1.89 bits per heavy atom. The van der Waals surface area contributed by atoms with Gasteiger partial charge in [0.2, 0.25) is 11.9 Å². The first-order valence-corrected chi connectivity index (χ1v) is 8.19. The van der Waals surface area contributed by atoms with Crippen LogP contribution in [0, 0.1) is 0 Å². The average molecular weight is 281 g/mol. The Morgan fingerprint density at radius 1 is 1.11 bits per heavy atom. The van der Waals surface area contributed by atoms with Gasteiger partial charge in [0.1, 0.15) is 0 Å². The van der Waals surface area contributed by atoms with E-state index in [0.717, 1.165) is 42.9 Å². The number of anilines is 2. The minimum Gasteiger partial charge on any atom is -0.354 e. The van der Waals surface area contributed by atoms with E-state index in [9.17, 15) is 0 Å². The van der Waals surface area contributed by atoms with Crippen LogP contribution in [0.4, 0.5) is 11.9 Å². The minimum absolute atomic E-state index is 0.716. The molecule has 0 unspecified atom stereocenters. The summed E-state index contributed by atoms with van der Waals surface area (Å²) in [4.78, 5) is 15.9. The maximum atomic E-state index is 4.58. The molecule has 1 aliphatic heterocycles. The number of hydrogen-bond donors (Lipinski definition) is 1. The molecule has 0 saturated carbocycles. The summed E-state index contributed by atoms with van der Waals surface area (Å²) < 4.78 is 0. The second kappa shape index (κ2) is 7.53. The number of nitrogens with one attached hydrogen (secondary N) is 1. The number of thioether (sulfide) groups is 1. The van der Waals surface area contributed by atoms with E-state index in [4.69, 9.17) is 0 Å². The van der Waals surface area contributed by atoms with Gasteiger partial charge in [-0.25, -0.2) is 0 Å². The van der Waals surface area contributed by atoms with Crippen molar-refractivity contribution in [1.82, 2.24) is 15.0 Å². The third kappa shape index (κ3) is 4.23. The lowest BCUT2D eigenvalue weighted by Crippen LogP contribution is -2.31. The number of nitrogens with zero attached hydrogens (tertiary/aromatic N) is 4. The fraction of sp³-hybridized carbons (Fsp3) is 0.769. The van der Waals surface area contributed by atoms with Crippen LogP contribution < -0.4 is 10.2 Å². The van der Waals surface area contributed by atoms with Crippen LogP contribution in [0.3, 0.4) is 0 Å². The van der Waals surface area contributed by atoms with E-state index in [1.807, 2.05) is 0 Å². The molecule has 2 rings (SSSR count). The van der Waals surface area contributed by atoms with E-state index in [1.165, 1.54) is 19.3 Å². The van der Waals surface area contributed by atoms with Gasteiger partial charge in [-0.15, -0.1) is 0 Å². The maximum absolute atomic E-state index is 4.58. The Kier molecular flexibility index (Phi) is 5.69. The summed E-state index contributed by atoms with van der Waals surface area (Å²) in [5.41, 5.74) is 0. The topological polar surface area (TPSA) is 53.9 Å². The molecule has 1 saturated heterocycles. The Bertz CT molecular complexity index is 393. The molecule has 6 heteroatoms. The van der Waals surface area contributed by atoms with Crippen molar-refractivity contribution in [3.63, 3.8) is 0 Å². The predicted molar refractivity (Wildman–Crippen MR) is 81.1 cm³/mol. The lowest BCUT2D eigenvalue weighted by atomic mass is 10.1. The summed E-state index contributed by atoms with van der Waals surface area (Å²) in [5.74, 6) is 2.54. The molecule has 0 bridgehead atoms. The van der Waals surface area contributed by atoms with Crippen molar-refractivity contribution in [2.24, 2.45) is 0 Å². The van der Waals surface area contributed by atoms with E-state index in [1.54, 1.807) is 11.8 Å². The SMILES string of the molecule is CCCNc1nc(SCC)nc(N2CCCCC2)n1. The lowest BCUT2D eigenvalue weighted by molar-refractivity contribution is 0.565. The summed E-state index contributed by atoms with van der Waals surface area (Å²) >= 11 is 1.67. The zero-order chi connectivity index (χ0) is 13.5. The third-order valence-corrected chi connectivity index (χ3v) is 3.78. The molecule has 0 aliphatic carbocycles. The monoisotopic (exact) mass is 281 g/mol. The molecule has 106 valence electrons. The van der Waals surface area contributed by atoms with E-state index in [0.29, 0.717) is 5.95 Å². The minimum atomic E-state index is 0.716. The molecule has 0 aromatic carbocycles. The van der Waals surface area contributed by atoms with E-state index in [-0.39, 0.29) is 0 Å². The first-order valence-electron chi connectivity index (χ1n) is 7.21. The zero-order valence-electron chi connectivity index (χ0n) is 11.9. The number of rotatable bonds is 6. The van der Waals surface area contributed by atoms with Crippen molar-refractivity contribution in [3.05, 3.63) is 0 Å². The van der Waals surface area contributed by atoms with Gasteiger partial charge < -0.3 is 10.2 Å². The van der Waals surface area contributed by atoms with Gasteiger partial charge in [-0.3, -0.25) is 0 Å². The van der Waals surface area contributed by atoms with Gasteiger partial charge in [0.05, 0.1) is 0 Å². The highest BCUT2D eigenvalue weighted by molar-refractivity contribution is 7.99. The highest BCUT2D eigenvalue weighted by Crippen LogP contribution is 2.21. The van der Waals surface area contributed by atoms with Crippen molar-refractivity contribution in [2.45, 2.75) is 44.7 Å². The van der Waals surface area contributed by atoms with Crippen molar-refractivity contribution in [3.8, 4) is 0 Å². The third-order valence-electron chi connectivity index (χ3n) is 3.05. The van der Waals surface area contributed by atoms with E-state index in [2.05, 4.69) is 39.0 Å². The van der Waals surface area contributed by atoms with Crippen molar-refractivity contribution in [2.75, 3.05) is 35.6 Å². The van der Waals surface area contributed by atoms with Crippen LogP contribution >= 0.6 is 11.8 Å². The summed E-state index contributed by atoms with van der Waals surface area (Å²) in [6, 6.07) is 0. The standard InChI is InChI=1S/C13H23N5S/c1-3-8-14-11-15-12(17-13(16-11)19-4-2)18-9-6-5-7-10-18/h3-10H2,1-2H3,(H,14,15,16,17). The highest BCUT2D eigenvalue weighted by atomic mass is 32.2. The predicted octanol–water partition coefficient (Wildman–Crippen LogP) is 2.80. The fourth-order valence-corrected chi connectivity index (χ4v) is 2.65. The molecule has 1 fully saturated rings. The van der Waals surface area contributed by atoms with Crippen LogP contribution in [0.2, 0.25) is 0 Å². The number of hydrogen-bond acceptors (Lipinski definition) is 6. The van der Waals surface area contributed by atoms with Crippen molar-refractivity contribution in [1.29, 1.82) is 0 Å². The molecule has 0 spiro atoms. The van der Waals surface area contributed by atoms with E-state index < -0.39 is 0 Å². The molecule has 0 radical (unpaired) electrons. The van der Waals surface area contributed by atoms with Crippen molar-refractivity contribution >= 4 is 23.7 Å². The van der Waals surface area contributed by atoms with Crippen LogP contribution in [0.15, 0.2) is 5.16 Å².